The van der Waals surface area contributed by atoms with Crippen LogP contribution in [0.4, 0.5) is 0 Å². The van der Waals surface area contributed by atoms with Crippen LogP contribution in [0.5, 0.6) is 0 Å². The molecule has 0 aromatic carbocycles. The van der Waals surface area contributed by atoms with E-state index in [1.54, 1.807) is 0 Å². The van der Waals surface area contributed by atoms with E-state index in [4.69, 9.17) is 0 Å². The molecule has 0 aliphatic rings. The van der Waals surface area contributed by atoms with E-state index >= 15 is 0 Å². The molecule has 0 aliphatic carbocycles. The first-order valence-corrected chi connectivity index (χ1v) is 24.8. The van der Waals surface area contributed by atoms with Crippen LogP contribution in [0, 0.1) is 0 Å². The molecule has 0 aromatic rings. The average Bonchev–Trinajstić information content (AvgIpc) is 3.10. The van der Waals surface area contributed by atoms with Crippen LogP contribution in [0.2, 0.25) is 0 Å². The molecule has 0 saturated carbocycles. The van der Waals surface area contributed by atoms with Gasteiger partial charge in [-0.05, 0) is 65.9 Å². The Labute approximate surface area is 349 Å². The molecule has 0 spiro atoms. The van der Waals surface area contributed by atoms with E-state index in [1.807, 2.05) is 0 Å². The van der Waals surface area contributed by atoms with E-state index < -0.39 is 49.5 Å². The van der Waals surface area contributed by atoms with Gasteiger partial charge in [0, 0.05) is 21.1 Å². The molecule has 18 nitrogen and oxygen atoms in total. The topological polar surface area (TPSA) is 296 Å². The number of hydrogen-bond donors (Lipinski definition) is 0. The zero-order valence-corrected chi connectivity index (χ0v) is 40.8. The predicted molar refractivity (Wildman–Crippen MR) is 199 cm³/mol. The Morgan fingerprint density at radius 1 is 0.273 bits per heavy atom. The van der Waals surface area contributed by atoms with E-state index in [0.717, 1.165) is 116 Å². The summed E-state index contributed by atoms with van der Waals surface area (Å²) in [5.41, 5.74) is 0. The van der Waals surface area contributed by atoms with Crippen molar-refractivity contribution in [2.75, 3.05) is 39.6 Å². The van der Waals surface area contributed by atoms with Crippen LogP contribution in [0.3, 0.4) is 0 Å². The summed E-state index contributed by atoms with van der Waals surface area (Å²) in [6, 6.07) is 0. The van der Waals surface area contributed by atoms with E-state index in [1.165, 1.54) is 0 Å². The Morgan fingerprint density at radius 3 is 0.455 bits per heavy atom. The summed E-state index contributed by atoms with van der Waals surface area (Å²) in [6.07, 6.45) is 17.7. The third-order valence-electron chi connectivity index (χ3n) is 5.67. The summed E-state index contributed by atoms with van der Waals surface area (Å²) >= 11 is 0. The van der Waals surface area contributed by atoms with Gasteiger partial charge in [0.05, 0.1) is 0 Å². The molecule has 0 saturated heterocycles. The maximum atomic E-state index is 9.78. The van der Waals surface area contributed by atoms with Crippen molar-refractivity contribution in [3.63, 3.8) is 0 Å². The monoisotopic (exact) mass is 998 g/mol. The zero-order valence-electron chi connectivity index (χ0n) is 33.4. The van der Waals surface area contributed by atoms with Crippen LogP contribution in [0.1, 0.15) is 157 Å². The second kappa shape index (κ2) is 66.6. The van der Waals surface area contributed by atoms with Crippen molar-refractivity contribution in [2.45, 2.75) is 157 Å². The van der Waals surface area contributed by atoms with Crippen LogP contribution in [-0.4, -0.2) is 39.6 Å². The van der Waals surface area contributed by atoms with Crippen LogP contribution < -0.4 is 29.4 Å². The fraction of sp³-hybridized carbons (Fsp3) is 1.00. The smallest absolute Gasteiger partial charge is 0.488 e. The molecule has 330 valence electrons. The predicted octanol–water partition coefficient (Wildman–Crippen LogP) is 7.26. The maximum absolute atomic E-state index is 9.78. The van der Waals surface area contributed by atoms with Gasteiger partial charge >= 0.3 is 49.5 Å². The van der Waals surface area contributed by atoms with Crippen molar-refractivity contribution in [2.24, 2.45) is 0 Å². The van der Waals surface area contributed by atoms with Crippen molar-refractivity contribution in [3.8, 4) is 0 Å². The quantitative estimate of drug-likeness (QED) is 0.0388. The summed E-state index contributed by atoms with van der Waals surface area (Å²) < 4.78 is 84.4. The van der Waals surface area contributed by atoms with Gasteiger partial charge in [0.15, 0.2) is 0 Å². The number of unbranched alkanes of at least 4 members (excludes halogenated alkanes) is 12. The largest absolute Gasteiger partial charge is 0.566 e. The van der Waals surface area contributed by atoms with E-state index in [0.29, 0.717) is 39.6 Å². The Kier molecular flexibility index (Phi) is 85.2. The van der Waals surface area contributed by atoms with Gasteiger partial charge in [-0.1, -0.05) is 119 Å². The average molecular weight is 997 g/mol. The summed E-state index contributed by atoms with van der Waals surface area (Å²) in [5, 5.41) is 0. The minimum atomic E-state index is -2.62. The molecule has 6 unspecified atom stereocenters. The van der Waals surface area contributed by atoms with Crippen LogP contribution in [0.15, 0.2) is 0 Å². The van der Waals surface area contributed by atoms with Crippen molar-refractivity contribution in [1.82, 2.24) is 0 Å². The molecule has 0 fully saturated rings. The Hall–Kier alpha value is 0.808. The Balaban J connectivity index is -0.000000100. The first-order chi connectivity index (χ1) is 25.6. The maximum Gasteiger partial charge on any atom is 0.488 e. The molecule has 0 aliphatic heterocycles. The molecule has 0 amide bonds. The van der Waals surface area contributed by atoms with Crippen LogP contribution >= 0.6 is 49.5 Å². The summed E-state index contributed by atoms with van der Waals surface area (Å²) in [4.78, 5) is 58.7. The third kappa shape index (κ3) is 113. The van der Waals surface area contributed by atoms with Gasteiger partial charge in [-0.2, -0.15) is 0 Å². The standard InChI is InChI=1S/6C5H11O3P.Mo/c6*1-2-3-4-5-8-9(6)7;/h6*2-5H2,1H3;. The van der Waals surface area contributed by atoms with Gasteiger partial charge in [0.25, 0.3) is 0 Å². The van der Waals surface area contributed by atoms with E-state index in [-0.39, 0.29) is 21.1 Å². The molecule has 0 radical (unpaired) electrons. The van der Waals surface area contributed by atoms with Gasteiger partial charge in [0.2, 0.25) is 0 Å². The number of rotatable bonds is 30. The second-order valence-corrected chi connectivity index (χ2v) is 14.8. The van der Waals surface area contributed by atoms with Gasteiger partial charge in [-0.15, -0.1) is 27.1 Å². The first-order valence-electron chi connectivity index (χ1n) is 18.3. The van der Waals surface area contributed by atoms with Gasteiger partial charge in [-0.3, -0.25) is 0 Å². The molecule has 0 N–H and O–H groups in total. The molecule has 0 rings (SSSR count). The van der Waals surface area contributed by atoms with Crippen molar-refractivity contribution in [1.29, 1.82) is 0 Å². The third-order valence-corrected chi connectivity index (χ3v) is 8.03. The SMILES string of the molecule is CCCCCO[P+](=O)[O-].CCCCCO[P+](=O)[O-].CCCCCO[P+](=O)[O-].CCCCCO[P+](=O)[O-].CCCCCO[P+](=O)[O-].CCCCCO[P+](=O)[O-].[Mo]. The van der Waals surface area contributed by atoms with Crippen molar-refractivity contribution in [3.05, 3.63) is 0 Å². The van der Waals surface area contributed by atoms with Crippen LogP contribution in [0.25, 0.3) is 0 Å². The molecule has 55 heavy (non-hydrogen) atoms. The molecule has 25 heteroatoms. The van der Waals surface area contributed by atoms with Gasteiger partial charge in [-0.25, -0.2) is 0 Å². The first kappa shape index (κ1) is 70.4. The second-order valence-electron chi connectivity index (χ2n) is 10.6. The zero-order chi connectivity index (χ0) is 42.7. The summed E-state index contributed by atoms with van der Waals surface area (Å²) in [6.45, 7) is 14.4. The number of hydrogen-bond acceptors (Lipinski definition) is 18. The molecule has 0 heterocycles. The molecule has 0 bridgehead atoms. The van der Waals surface area contributed by atoms with Gasteiger partial charge in [0.1, 0.15) is 39.6 Å². The molecular weight excluding hydrogens is 930 g/mol. The van der Waals surface area contributed by atoms with Crippen molar-refractivity contribution < 1.29 is 105 Å². The fourth-order valence-electron chi connectivity index (χ4n) is 2.95. The van der Waals surface area contributed by atoms with E-state index in [9.17, 15) is 56.8 Å². The molecule has 0 aromatic heterocycles. The summed E-state index contributed by atoms with van der Waals surface area (Å²) in [5.74, 6) is 0. The Bertz CT molecular complexity index is 683. The molecule has 6 atom stereocenters. The van der Waals surface area contributed by atoms with Crippen molar-refractivity contribution >= 4 is 49.5 Å². The summed E-state index contributed by atoms with van der Waals surface area (Å²) in [7, 11) is -15.7. The normalized spacial score (nSPS) is 11.3. The van der Waals surface area contributed by atoms with Gasteiger partial charge < -0.3 is 29.4 Å². The fourth-order valence-corrected chi connectivity index (χ4v) is 4.62. The van der Waals surface area contributed by atoms with Crippen LogP contribution in [-0.2, 0) is 75.6 Å². The Morgan fingerprint density at radius 2 is 0.382 bits per heavy atom. The minimum absolute atomic E-state index is 0. The van der Waals surface area contributed by atoms with E-state index in [2.05, 4.69) is 68.7 Å². The minimum Gasteiger partial charge on any atom is -0.566 e. The molecular formula is C30H66MoO18P6.